The SMILES string of the molecule is COC(=O)c1c(-c2cc(F)c(F)cc2B(O)O)nn(-c2ccccc2)c1C(=O)OC. The molecule has 0 unspecified atom stereocenters. The van der Waals surface area contributed by atoms with Gasteiger partial charge in [0.1, 0.15) is 11.3 Å². The largest absolute Gasteiger partial charge is 0.489 e. The van der Waals surface area contributed by atoms with Crippen LogP contribution in [0.2, 0.25) is 0 Å². The van der Waals surface area contributed by atoms with Crippen LogP contribution in [-0.4, -0.2) is 53.1 Å². The molecule has 0 aliphatic carbocycles. The van der Waals surface area contributed by atoms with Gasteiger partial charge in [0, 0.05) is 5.56 Å². The minimum absolute atomic E-state index is 0.316. The standard InChI is InChI=1S/C19H15BF2N2O6/c1-29-18(25)15-16(11-8-13(21)14(22)9-12(11)20(27)28)23-24(17(15)19(26)30-2)10-6-4-3-5-7-10/h3-9,27-28H,1-2H3. The summed E-state index contributed by atoms with van der Waals surface area (Å²) in [4.78, 5) is 25.1. The van der Waals surface area contributed by atoms with E-state index >= 15 is 0 Å². The average Bonchev–Trinajstić information content (AvgIpc) is 3.15. The van der Waals surface area contributed by atoms with Crippen molar-refractivity contribution in [2.24, 2.45) is 0 Å². The van der Waals surface area contributed by atoms with E-state index in [1.54, 1.807) is 30.3 Å². The summed E-state index contributed by atoms with van der Waals surface area (Å²) in [6.45, 7) is 0. The zero-order valence-corrected chi connectivity index (χ0v) is 15.8. The molecule has 0 radical (unpaired) electrons. The topological polar surface area (TPSA) is 111 Å². The van der Waals surface area contributed by atoms with Crippen molar-refractivity contribution in [1.82, 2.24) is 9.78 Å². The van der Waals surface area contributed by atoms with Crippen molar-refractivity contribution in [2.75, 3.05) is 14.2 Å². The van der Waals surface area contributed by atoms with E-state index in [1.807, 2.05) is 0 Å². The lowest BCUT2D eigenvalue weighted by Gasteiger charge is -2.09. The normalized spacial score (nSPS) is 10.6. The van der Waals surface area contributed by atoms with E-state index in [0.29, 0.717) is 17.8 Å². The van der Waals surface area contributed by atoms with Gasteiger partial charge in [-0.2, -0.15) is 5.10 Å². The number of methoxy groups -OCH3 is 2. The second-order valence-corrected chi connectivity index (χ2v) is 6.03. The molecule has 30 heavy (non-hydrogen) atoms. The molecule has 2 N–H and O–H groups in total. The fourth-order valence-corrected chi connectivity index (χ4v) is 2.92. The Morgan fingerprint density at radius 2 is 1.60 bits per heavy atom. The first-order valence-electron chi connectivity index (χ1n) is 8.50. The number of benzene rings is 2. The lowest BCUT2D eigenvalue weighted by Crippen LogP contribution is -2.32. The highest BCUT2D eigenvalue weighted by molar-refractivity contribution is 6.60. The highest BCUT2D eigenvalue weighted by Crippen LogP contribution is 2.29. The predicted octanol–water partition coefficient (Wildman–Crippen LogP) is 1.07. The van der Waals surface area contributed by atoms with Gasteiger partial charge in [0.25, 0.3) is 0 Å². The fraction of sp³-hybridized carbons (Fsp3) is 0.105. The molecule has 0 spiro atoms. The highest BCUT2D eigenvalue weighted by Gasteiger charge is 2.34. The number of para-hydroxylation sites is 1. The summed E-state index contributed by atoms with van der Waals surface area (Å²) in [5.74, 6) is -4.63. The van der Waals surface area contributed by atoms with E-state index in [2.05, 4.69) is 5.10 Å². The van der Waals surface area contributed by atoms with Crippen LogP contribution in [0.3, 0.4) is 0 Å². The Balaban J connectivity index is 2.44. The molecule has 0 bridgehead atoms. The Morgan fingerprint density at radius 3 is 2.17 bits per heavy atom. The lowest BCUT2D eigenvalue weighted by molar-refractivity contribution is 0.0549. The van der Waals surface area contributed by atoms with Gasteiger partial charge < -0.3 is 19.5 Å². The number of hydrogen-bond acceptors (Lipinski definition) is 7. The smallest absolute Gasteiger partial charge is 0.465 e. The van der Waals surface area contributed by atoms with Gasteiger partial charge in [-0.3, -0.25) is 0 Å². The molecule has 1 aromatic heterocycles. The first-order chi connectivity index (χ1) is 14.3. The maximum absolute atomic E-state index is 14.0. The van der Waals surface area contributed by atoms with Gasteiger partial charge in [-0.05, 0) is 29.7 Å². The third kappa shape index (κ3) is 3.67. The number of carbonyl (C=O) groups excluding carboxylic acids is 2. The summed E-state index contributed by atoms with van der Waals surface area (Å²) in [6.07, 6.45) is 0. The Bertz CT molecular complexity index is 1120. The van der Waals surface area contributed by atoms with Crippen molar-refractivity contribution in [3.63, 3.8) is 0 Å². The Labute approximate surface area is 169 Å². The number of halogens is 2. The molecule has 154 valence electrons. The van der Waals surface area contributed by atoms with Gasteiger partial charge in [-0.1, -0.05) is 18.2 Å². The van der Waals surface area contributed by atoms with E-state index in [4.69, 9.17) is 9.47 Å². The number of aromatic nitrogens is 2. The second kappa shape index (κ2) is 8.43. The fourth-order valence-electron chi connectivity index (χ4n) is 2.92. The summed E-state index contributed by atoms with van der Waals surface area (Å²) in [5, 5.41) is 23.5. The molecule has 0 saturated heterocycles. The van der Waals surface area contributed by atoms with Crippen molar-refractivity contribution in [2.45, 2.75) is 0 Å². The molecule has 11 heteroatoms. The maximum atomic E-state index is 14.0. The summed E-state index contributed by atoms with van der Waals surface area (Å²) in [5.41, 5.74) is -1.51. The van der Waals surface area contributed by atoms with E-state index in [-0.39, 0.29) is 17.0 Å². The van der Waals surface area contributed by atoms with Crippen LogP contribution >= 0.6 is 0 Å². The Kier molecular flexibility index (Phi) is 5.95. The monoisotopic (exact) mass is 416 g/mol. The molecule has 0 atom stereocenters. The van der Waals surface area contributed by atoms with Crippen LogP contribution in [0.15, 0.2) is 42.5 Å². The molecule has 3 rings (SSSR count). The minimum Gasteiger partial charge on any atom is -0.465 e. The summed E-state index contributed by atoms with van der Waals surface area (Å²) < 4.78 is 38.3. The summed E-state index contributed by atoms with van der Waals surface area (Å²) >= 11 is 0. The predicted molar refractivity (Wildman–Crippen MR) is 101 cm³/mol. The average molecular weight is 416 g/mol. The Hall–Kier alpha value is -3.57. The van der Waals surface area contributed by atoms with Crippen LogP contribution in [0.5, 0.6) is 0 Å². The van der Waals surface area contributed by atoms with Gasteiger partial charge in [0.15, 0.2) is 17.3 Å². The van der Waals surface area contributed by atoms with Crippen molar-refractivity contribution in [3.05, 3.63) is 65.4 Å². The molecular weight excluding hydrogens is 401 g/mol. The minimum atomic E-state index is -2.22. The van der Waals surface area contributed by atoms with Crippen LogP contribution < -0.4 is 5.46 Å². The third-order valence-corrected chi connectivity index (χ3v) is 4.28. The Morgan fingerprint density at radius 1 is 1.00 bits per heavy atom. The van der Waals surface area contributed by atoms with Gasteiger partial charge in [-0.15, -0.1) is 0 Å². The third-order valence-electron chi connectivity index (χ3n) is 4.28. The maximum Gasteiger partial charge on any atom is 0.489 e. The van der Waals surface area contributed by atoms with Crippen LogP contribution in [-0.2, 0) is 9.47 Å². The number of ether oxygens (including phenoxy) is 2. The lowest BCUT2D eigenvalue weighted by atomic mass is 9.75. The molecular formula is C19H15BF2N2O6. The molecule has 0 saturated carbocycles. The number of nitrogens with zero attached hydrogens (tertiary/aromatic N) is 2. The summed E-state index contributed by atoms with van der Waals surface area (Å²) in [7, 11) is -0.0737. The van der Waals surface area contributed by atoms with Crippen molar-refractivity contribution >= 4 is 24.5 Å². The number of esters is 2. The molecule has 8 nitrogen and oxygen atoms in total. The van der Waals surface area contributed by atoms with Gasteiger partial charge in [0.05, 0.1) is 19.9 Å². The molecule has 2 aromatic carbocycles. The van der Waals surface area contributed by atoms with Gasteiger partial charge >= 0.3 is 19.1 Å². The van der Waals surface area contributed by atoms with E-state index < -0.39 is 41.7 Å². The van der Waals surface area contributed by atoms with Gasteiger partial charge in [-0.25, -0.2) is 23.1 Å². The van der Waals surface area contributed by atoms with Crippen molar-refractivity contribution < 1.29 is 37.9 Å². The molecule has 0 amide bonds. The zero-order chi connectivity index (χ0) is 22.0. The first kappa shape index (κ1) is 21.2. The van der Waals surface area contributed by atoms with Crippen molar-refractivity contribution in [1.29, 1.82) is 0 Å². The van der Waals surface area contributed by atoms with E-state index in [1.165, 1.54) is 0 Å². The summed E-state index contributed by atoms with van der Waals surface area (Å²) in [6, 6.07) is 9.38. The first-order valence-corrected chi connectivity index (χ1v) is 8.50. The van der Waals surface area contributed by atoms with E-state index in [9.17, 15) is 28.4 Å². The quantitative estimate of drug-likeness (QED) is 0.473. The van der Waals surface area contributed by atoms with E-state index in [0.717, 1.165) is 18.9 Å². The second-order valence-electron chi connectivity index (χ2n) is 6.03. The number of hydrogen-bond donors (Lipinski definition) is 2. The van der Waals surface area contributed by atoms with Crippen LogP contribution in [0.1, 0.15) is 20.8 Å². The molecule has 0 aliphatic heterocycles. The van der Waals surface area contributed by atoms with Crippen LogP contribution in [0, 0.1) is 11.6 Å². The van der Waals surface area contributed by atoms with Crippen LogP contribution in [0.4, 0.5) is 8.78 Å². The van der Waals surface area contributed by atoms with Crippen LogP contribution in [0.25, 0.3) is 16.9 Å². The van der Waals surface area contributed by atoms with Crippen molar-refractivity contribution in [3.8, 4) is 16.9 Å². The molecule has 0 aliphatic rings. The number of carbonyl (C=O) groups is 2. The zero-order valence-electron chi connectivity index (χ0n) is 15.8. The molecule has 1 heterocycles. The highest BCUT2D eigenvalue weighted by atomic mass is 19.2. The number of rotatable bonds is 5. The molecule has 0 fully saturated rings. The molecule has 3 aromatic rings. The van der Waals surface area contributed by atoms with Gasteiger partial charge in [0.2, 0.25) is 0 Å².